The van der Waals surface area contributed by atoms with Crippen molar-refractivity contribution in [2.75, 3.05) is 13.6 Å². The van der Waals surface area contributed by atoms with Crippen LogP contribution in [0.4, 0.5) is 4.79 Å². The van der Waals surface area contributed by atoms with Crippen molar-refractivity contribution >= 4 is 11.9 Å². The molecule has 22 heavy (non-hydrogen) atoms. The summed E-state index contributed by atoms with van der Waals surface area (Å²) in [5.74, 6) is 0.109. The van der Waals surface area contributed by atoms with E-state index < -0.39 is 6.03 Å². The van der Waals surface area contributed by atoms with Crippen LogP contribution in [0.15, 0.2) is 24.3 Å². The minimum Gasteiger partial charge on any atom is -0.341 e. The van der Waals surface area contributed by atoms with E-state index >= 15 is 0 Å². The normalized spacial score (nSPS) is 12.0. The van der Waals surface area contributed by atoms with E-state index in [2.05, 4.69) is 55.7 Å². The second-order valence-electron chi connectivity index (χ2n) is 5.83. The van der Waals surface area contributed by atoms with E-state index in [4.69, 9.17) is 0 Å². The number of amides is 3. The fourth-order valence-corrected chi connectivity index (χ4v) is 2.46. The highest BCUT2D eigenvalue weighted by Crippen LogP contribution is 2.18. The van der Waals surface area contributed by atoms with Crippen LogP contribution in [-0.4, -0.2) is 25.5 Å². The lowest BCUT2D eigenvalue weighted by atomic mass is 9.94. The third-order valence-corrected chi connectivity index (χ3v) is 3.66. The number of hydrogen-bond acceptors (Lipinski definition) is 2. The molecule has 1 atom stereocenters. The fourth-order valence-electron chi connectivity index (χ4n) is 2.46. The highest BCUT2D eigenvalue weighted by molar-refractivity contribution is 5.94. The molecular weight excluding hydrogens is 278 g/mol. The van der Waals surface area contributed by atoms with Crippen LogP contribution < -0.4 is 16.0 Å². The van der Waals surface area contributed by atoms with Gasteiger partial charge in [-0.2, -0.15) is 0 Å². The first-order valence-electron chi connectivity index (χ1n) is 7.91. The van der Waals surface area contributed by atoms with Gasteiger partial charge in [0.25, 0.3) is 5.91 Å². The number of nitrogens with two attached hydrogens (primary N) is 1. The molecule has 0 radical (unpaired) electrons. The van der Waals surface area contributed by atoms with Crippen molar-refractivity contribution in [2.45, 2.75) is 39.7 Å². The first kappa shape index (κ1) is 18.2. The molecule has 0 saturated heterocycles. The molecule has 0 aromatic heterocycles. The van der Waals surface area contributed by atoms with Crippen molar-refractivity contribution in [1.29, 1.82) is 0 Å². The van der Waals surface area contributed by atoms with E-state index in [-0.39, 0.29) is 18.5 Å². The molecule has 0 spiro atoms. The third-order valence-electron chi connectivity index (χ3n) is 3.66. The molecule has 122 valence electrons. The number of hydrogen-bond donors (Lipinski definition) is 3. The average molecular weight is 306 g/mol. The fraction of sp³-hybridized carbons (Fsp3) is 0.529. The SMILES string of the molecule is CCCc1ccc([C@@H]([NH2+]CC(=O)NC(=O)NC)C(C)C)cc1. The summed E-state index contributed by atoms with van der Waals surface area (Å²) in [5, 5.41) is 6.64. The van der Waals surface area contributed by atoms with Crippen molar-refractivity contribution < 1.29 is 14.9 Å². The van der Waals surface area contributed by atoms with Gasteiger partial charge in [0, 0.05) is 18.5 Å². The van der Waals surface area contributed by atoms with Gasteiger partial charge in [0.15, 0.2) is 6.54 Å². The van der Waals surface area contributed by atoms with Gasteiger partial charge in [-0.3, -0.25) is 10.1 Å². The smallest absolute Gasteiger partial charge is 0.321 e. The van der Waals surface area contributed by atoms with E-state index in [0.29, 0.717) is 5.92 Å². The highest BCUT2D eigenvalue weighted by atomic mass is 16.2. The zero-order valence-corrected chi connectivity index (χ0v) is 14.0. The number of carbonyl (C=O) groups is 2. The van der Waals surface area contributed by atoms with E-state index in [1.165, 1.54) is 18.2 Å². The number of imide groups is 1. The van der Waals surface area contributed by atoms with Crippen LogP contribution in [0.1, 0.15) is 44.4 Å². The maximum Gasteiger partial charge on any atom is 0.321 e. The van der Waals surface area contributed by atoms with Crippen molar-refractivity contribution in [2.24, 2.45) is 5.92 Å². The second-order valence-corrected chi connectivity index (χ2v) is 5.83. The third kappa shape index (κ3) is 5.85. The summed E-state index contributed by atoms with van der Waals surface area (Å²) in [5.41, 5.74) is 2.55. The molecule has 0 fully saturated rings. The maximum atomic E-state index is 11.7. The number of rotatable bonds is 7. The summed E-state index contributed by atoms with van der Waals surface area (Å²) in [6.07, 6.45) is 2.23. The number of urea groups is 1. The summed E-state index contributed by atoms with van der Waals surface area (Å²) >= 11 is 0. The molecule has 0 aliphatic carbocycles. The Hall–Kier alpha value is -1.88. The Morgan fingerprint density at radius 3 is 2.32 bits per heavy atom. The Bertz CT molecular complexity index is 483. The summed E-state index contributed by atoms with van der Waals surface area (Å²) < 4.78 is 0. The molecule has 0 heterocycles. The van der Waals surface area contributed by atoms with Crippen LogP contribution in [0, 0.1) is 5.92 Å². The summed E-state index contributed by atoms with van der Waals surface area (Å²) in [4.78, 5) is 22.8. The predicted molar refractivity (Wildman–Crippen MR) is 87.4 cm³/mol. The van der Waals surface area contributed by atoms with Gasteiger partial charge in [-0.25, -0.2) is 4.79 Å². The van der Waals surface area contributed by atoms with E-state index in [0.717, 1.165) is 12.8 Å². The quantitative estimate of drug-likeness (QED) is 0.711. The van der Waals surface area contributed by atoms with Crippen LogP contribution in [0.5, 0.6) is 0 Å². The monoisotopic (exact) mass is 306 g/mol. The van der Waals surface area contributed by atoms with E-state index in [1.54, 1.807) is 0 Å². The maximum absolute atomic E-state index is 11.7. The van der Waals surface area contributed by atoms with Gasteiger partial charge in [-0.1, -0.05) is 51.5 Å². The van der Waals surface area contributed by atoms with Crippen molar-refractivity contribution in [3.8, 4) is 0 Å². The zero-order valence-electron chi connectivity index (χ0n) is 14.0. The number of quaternary nitrogens is 1. The van der Waals surface area contributed by atoms with Crippen LogP contribution in [0.2, 0.25) is 0 Å². The van der Waals surface area contributed by atoms with Gasteiger partial charge in [-0.05, 0) is 12.0 Å². The number of carbonyl (C=O) groups excluding carboxylic acids is 2. The molecule has 0 aliphatic rings. The predicted octanol–water partition coefficient (Wildman–Crippen LogP) is 1.36. The lowest BCUT2D eigenvalue weighted by Crippen LogP contribution is -2.88. The summed E-state index contributed by atoms with van der Waals surface area (Å²) in [6.45, 7) is 6.67. The number of aryl methyl sites for hydroxylation is 1. The molecule has 0 saturated carbocycles. The Labute approximate surface area is 132 Å². The lowest BCUT2D eigenvalue weighted by molar-refractivity contribution is -0.692. The molecule has 5 nitrogen and oxygen atoms in total. The Morgan fingerprint density at radius 2 is 1.82 bits per heavy atom. The van der Waals surface area contributed by atoms with Crippen molar-refractivity contribution in [1.82, 2.24) is 10.6 Å². The number of nitrogens with one attached hydrogen (secondary N) is 2. The lowest BCUT2D eigenvalue weighted by Gasteiger charge is -2.19. The Kier molecular flexibility index (Phi) is 7.60. The minimum atomic E-state index is -0.469. The van der Waals surface area contributed by atoms with Crippen LogP contribution in [-0.2, 0) is 11.2 Å². The van der Waals surface area contributed by atoms with Gasteiger partial charge in [0.05, 0.1) is 0 Å². The molecule has 0 aliphatic heterocycles. The average Bonchev–Trinajstić information content (AvgIpc) is 2.48. The minimum absolute atomic E-state index is 0.200. The zero-order chi connectivity index (χ0) is 16.5. The topological polar surface area (TPSA) is 74.8 Å². The van der Waals surface area contributed by atoms with Gasteiger partial charge in [0.2, 0.25) is 0 Å². The van der Waals surface area contributed by atoms with Crippen LogP contribution >= 0.6 is 0 Å². The molecule has 3 amide bonds. The van der Waals surface area contributed by atoms with Gasteiger partial charge in [0.1, 0.15) is 6.04 Å². The molecule has 0 bridgehead atoms. The van der Waals surface area contributed by atoms with Gasteiger partial charge in [-0.15, -0.1) is 0 Å². The van der Waals surface area contributed by atoms with Crippen LogP contribution in [0.25, 0.3) is 0 Å². The molecule has 1 aromatic carbocycles. The van der Waals surface area contributed by atoms with Crippen LogP contribution in [0.3, 0.4) is 0 Å². The summed E-state index contributed by atoms with van der Waals surface area (Å²) in [6, 6.07) is 8.33. The van der Waals surface area contributed by atoms with E-state index in [9.17, 15) is 9.59 Å². The van der Waals surface area contributed by atoms with Crippen molar-refractivity contribution in [3.63, 3.8) is 0 Å². The second kappa shape index (κ2) is 9.20. The molecule has 1 rings (SSSR count). The van der Waals surface area contributed by atoms with Gasteiger partial charge >= 0.3 is 6.03 Å². The Morgan fingerprint density at radius 1 is 1.18 bits per heavy atom. The molecule has 1 aromatic rings. The van der Waals surface area contributed by atoms with Gasteiger partial charge < -0.3 is 10.6 Å². The van der Waals surface area contributed by atoms with E-state index in [1.807, 2.05) is 5.32 Å². The van der Waals surface area contributed by atoms with Crippen molar-refractivity contribution in [3.05, 3.63) is 35.4 Å². The molecule has 0 unspecified atom stereocenters. The largest absolute Gasteiger partial charge is 0.341 e. The number of benzene rings is 1. The highest BCUT2D eigenvalue weighted by Gasteiger charge is 2.20. The Balaban J connectivity index is 2.65. The summed E-state index contributed by atoms with van der Waals surface area (Å²) in [7, 11) is 1.49. The molecule has 5 heteroatoms. The standard InChI is InChI=1S/C17H27N3O2/c1-5-6-13-7-9-14(10-8-13)16(12(2)3)19-11-15(21)20-17(22)18-4/h7-10,12,16,19H,5-6,11H2,1-4H3,(H2,18,20,21,22)/p+1/t16-/m0/s1. The first-order valence-corrected chi connectivity index (χ1v) is 7.91. The molecular formula is C17H28N3O2+. The molecule has 4 N–H and O–H groups in total. The first-order chi connectivity index (χ1) is 10.5.